The highest BCUT2D eigenvalue weighted by Gasteiger charge is 2.10. The normalized spacial score (nSPS) is 10.4. The third-order valence-electron chi connectivity index (χ3n) is 4.05. The van der Waals surface area contributed by atoms with Crippen molar-refractivity contribution in [2.24, 2.45) is 0 Å². The molecular weight excluding hydrogens is 427 g/mol. The zero-order valence-corrected chi connectivity index (χ0v) is 17.9. The quantitative estimate of drug-likeness (QED) is 0.439. The first kappa shape index (κ1) is 21.2. The Kier molecular flexibility index (Phi) is 7.20. The van der Waals surface area contributed by atoms with Gasteiger partial charge in [-0.25, -0.2) is 0 Å². The van der Waals surface area contributed by atoms with Crippen molar-refractivity contribution < 1.29 is 9.59 Å². The monoisotopic (exact) mass is 444 g/mol. The van der Waals surface area contributed by atoms with Gasteiger partial charge in [-0.1, -0.05) is 47.5 Å². The smallest absolute Gasteiger partial charge is 0.255 e. The maximum atomic E-state index is 12.5. The Morgan fingerprint density at radius 3 is 2.52 bits per heavy atom. The molecule has 2 N–H and O–H groups in total. The molecule has 0 spiro atoms. The highest BCUT2D eigenvalue weighted by Crippen LogP contribution is 2.27. The molecule has 2 amide bonds. The summed E-state index contributed by atoms with van der Waals surface area (Å²) in [6.45, 7) is 1.89. The van der Waals surface area contributed by atoms with Gasteiger partial charge in [0.15, 0.2) is 0 Å². The summed E-state index contributed by atoms with van der Waals surface area (Å²) < 4.78 is 0. The summed E-state index contributed by atoms with van der Waals surface area (Å²) in [7, 11) is 0. The van der Waals surface area contributed by atoms with Crippen LogP contribution in [0.2, 0.25) is 10.0 Å². The van der Waals surface area contributed by atoms with Gasteiger partial charge in [0.05, 0.1) is 16.5 Å². The molecule has 0 aliphatic carbocycles. The van der Waals surface area contributed by atoms with Crippen LogP contribution in [0.1, 0.15) is 15.9 Å². The summed E-state index contributed by atoms with van der Waals surface area (Å²) in [5.74, 6) is -0.176. The Morgan fingerprint density at radius 2 is 1.72 bits per heavy atom. The van der Waals surface area contributed by atoms with Gasteiger partial charge in [0.25, 0.3) is 5.91 Å². The second kappa shape index (κ2) is 9.83. The minimum atomic E-state index is -0.200. The highest BCUT2D eigenvalue weighted by atomic mass is 35.5. The third kappa shape index (κ3) is 6.00. The predicted octanol–water partition coefficient (Wildman–Crippen LogP) is 6.28. The number of benzene rings is 3. The first-order valence-electron chi connectivity index (χ1n) is 8.77. The average molecular weight is 445 g/mol. The number of anilines is 2. The highest BCUT2D eigenvalue weighted by molar-refractivity contribution is 8.00. The fourth-order valence-corrected chi connectivity index (χ4v) is 3.71. The second-order valence-corrected chi connectivity index (χ2v) is 8.15. The molecule has 0 aromatic heterocycles. The number of thioether (sulfide) groups is 1. The minimum absolute atomic E-state index is 0.168. The first-order valence-corrected chi connectivity index (χ1v) is 10.5. The summed E-state index contributed by atoms with van der Waals surface area (Å²) in [4.78, 5) is 25.6. The molecule has 3 aromatic rings. The van der Waals surface area contributed by atoms with Crippen molar-refractivity contribution in [1.29, 1.82) is 0 Å². The number of halogens is 2. The van der Waals surface area contributed by atoms with Crippen molar-refractivity contribution in [2.45, 2.75) is 11.8 Å². The van der Waals surface area contributed by atoms with Gasteiger partial charge < -0.3 is 10.6 Å². The van der Waals surface area contributed by atoms with Crippen LogP contribution in [0.15, 0.2) is 71.6 Å². The molecule has 3 aromatic carbocycles. The molecular formula is C22H18Cl2N2O2S. The van der Waals surface area contributed by atoms with Crippen LogP contribution in [0.3, 0.4) is 0 Å². The molecule has 0 fully saturated rings. The van der Waals surface area contributed by atoms with Crippen LogP contribution in [-0.2, 0) is 4.79 Å². The Balaban J connectivity index is 1.60. The number of carbonyl (C=O) groups is 2. The summed E-state index contributed by atoms with van der Waals surface area (Å²) in [5, 5.41) is 6.57. The van der Waals surface area contributed by atoms with Crippen molar-refractivity contribution in [2.75, 3.05) is 16.4 Å². The van der Waals surface area contributed by atoms with Gasteiger partial charge in [-0.2, -0.15) is 0 Å². The summed E-state index contributed by atoms with van der Waals surface area (Å²) in [6.07, 6.45) is 0. The standard InChI is InChI=1S/C22H18Cl2N2O2S/c1-14-5-2-3-8-18(14)22(28)25-16-6-4-7-17(12-16)29-13-21(27)26-20-11-15(23)9-10-19(20)24/h2-12H,13H2,1H3,(H,25,28)(H,26,27). The van der Waals surface area contributed by atoms with Gasteiger partial charge in [-0.3, -0.25) is 9.59 Å². The molecule has 7 heteroatoms. The molecule has 3 rings (SSSR count). The van der Waals surface area contributed by atoms with Crippen molar-refractivity contribution in [1.82, 2.24) is 0 Å². The molecule has 0 saturated heterocycles. The minimum Gasteiger partial charge on any atom is -0.324 e. The van der Waals surface area contributed by atoms with Gasteiger partial charge in [0.1, 0.15) is 0 Å². The number of hydrogen-bond acceptors (Lipinski definition) is 3. The first-order chi connectivity index (χ1) is 13.9. The number of amides is 2. The second-order valence-electron chi connectivity index (χ2n) is 6.26. The summed E-state index contributed by atoms with van der Waals surface area (Å²) in [5.41, 5.74) is 2.68. The average Bonchev–Trinajstić information content (AvgIpc) is 2.70. The zero-order chi connectivity index (χ0) is 20.8. The van der Waals surface area contributed by atoms with E-state index in [-0.39, 0.29) is 17.6 Å². The van der Waals surface area contributed by atoms with E-state index in [0.717, 1.165) is 10.5 Å². The van der Waals surface area contributed by atoms with E-state index >= 15 is 0 Å². The van der Waals surface area contributed by atoms with Crippen molar-refractivity contribution in [3.63, 3.8) is 0 Å². The lowest BCUT2D eigenvalue weighted by molar-refractivity contribution is -0.113. The number of hydrogen-bond donors (Lipinski definition) is 2. The number of rotatable bonds is 6. The van der Waals surface area contributed by atoms with Crippen LogP contribution in [0.25, 0.3) is 0 Å². The van der Waals surface area contributed by atoms with E-state index in [9.17, 15) is 9.59 Å². The van der Waals surface area contributed by atoms with Crippen LogP contribution in [0.5, 0.6) is 0 Å². The Labute approximate surface area is 183 Å². The van der Waals surface area contributed by atoms with Crippen LogP contribution >= 0.6 is 35.0 Å². The van der Waals surface area contributed by atoms with E-state index in [0.29, 0.717) is 27.0 Å². The van der Waals surface area contributed by atoms with Gasteiger partial charge in [0.2, 0.25) is 5.91 Å². The van der Waals surface area contributed by atoms with E-state index in [1.165, 1.54) is 11.8 Å². The van der Waals surface area contributed by atoms with Crippen LogP contribution in [-0.4, -0.2) is 17.6 Å². The number of carbonyl (C=O) groups excluding carboxylic acids is 2. The fourth-order valence-electron chi connectivity index (χ4n) is 2.62. The van der Waals surface area contributed by atoms with Gasteiger partial charge in [-0.05, 0) is 55.0 Å². The molecule has 0 aliphatic rings. The number of aryl methyl sites for hydroxylation is 1. The molecule has 29 heavy (non-hydrogen) atoms. The molecule has 0 saturated carbocycles. The molecule has 148 valence electrons. The molecule has 0 aliphatic heterocycles. The fraction of sp³-hybridized carbons (Fsp3) is 0.0909. The maximum absolute atomic E-state index is 12.5. The van der Waals surface area contributed by atoms with E-state index in [2.05, 4.69) is 10.6 Å². The van der Waals surface area contributed by atoms with Crippen LogP contribution < -0.4 is 10.6 Å². The van der Waals surface area contributed by atoms with E-state index in [1.807, 2.05) is 49.4 Å². The van der Waals surface area contributed by atoms with Crippen molar-refractivity contribution in [3.05, 3.63) is 87.9 Å². The SMILES string of the molecule is Cc1ccccc1C(=O)Nc1cccc(SCC(=O)Nc2cc(Cl)ccc2Cl)c1. The maximum Gasteiger partial charge on any atom is 0.255 e. The lowest BCUT2D eigenvalue weighted by atomic mass is 10.1. The van der Waals surface area contributed by atoms with E-state index < -0.39 is 0 Å². The van der Waals surface area contributed by atoms with Gasteiger partial charge >= 0.3 is 0 Å². The topological polar surface area (TPSA) is 58.2 Å². The lowest BCUT2D eigenvalue weighted by Gasteiger charge is -2.10. The molecule has 0 radical (unpaired) electrons. The van der Waals surface area contributed by atoms with Crippen LogP contribution in [0, 0.1) is 6.92 Å². The molecule has 0 atom stereocenters. The Bertz CT molecular complexity index is 1060. The molecule has 0 heterocycles. The van der Waals surface area contributed by atoms with Crippen LogP contribution in [0.4, 0.5) is 11.4 Å². The zero-order valence-electron chi connectivity index (χ0n) is 15.5. The Morgan fingerprint density at radius 1 is 0.931 bits per heavy atom. The lowest BCUT2D eigenvalue weighted by Crippen LogP contribution is -2.14. The molecule has 4 nitrogen and oxygen atoms in total. The Hall–Kier alpha value is -2.47. The van der Waals surface area contributed by atoms with E-state index in [1.54, 1.807) is 24.3 Å². The summed E-state index contributed by atoms with van der Waals surface area (Å²) in [6, 6.07) is 19.7. The van der Waals surface area contributed by atoms with Crippen molar-refractivity contribution >= 4 is 58.2 Å². The van der Waals surface area contributed by atoms with E-state index in [4.69, 9.17) is 23.2 Å². The van der Waals surface area contributed by atoms with Crippen molar-refractivity contribution in [3.8, 4) is 0 Å². The summed E-state index contributed by atoms with van der Waals surface area (Å²) >= 11 is 13.4. The third-order valence-corrected chi connectivity index (χ3v) is 5.61. The van der Waals surface area contributed by atoms with Gasteiger partial charge in [-0.15, -0.1) is 11.8 Å². The predicted molar refractivity (Wildman–Crippen MR) is 121 cm³/mol. The molecule has 0 bridgehead atoms. The number of nitrogens with one attached hydrogen (secondary N) is 2. The molecule has 0 unspecified atom stereocenters. The van der Waals surface area contributed by atoms with Gasteiger partial charge in [0, 0.05) is 21.2 Å². The largest absolute Gasteiger partial charge is 0.324 e.